The van der Waals surface area contributed by atoms with Crippen LogP contribution in [0.15, 0.2) is 0 Å². The molecule has 0 aromatic carbocycles. The van der Waals surface area contributed by atoms with Gasteiger partial charge in [-0.3, -0.25) is 4.90 Å². The highest BCUT2D eigenvalue weighted by atomic mass is 15.2. The minimum atomic E-state index is 0.445. The van der Waals surface area contributed by atoms with E-state index in [0.29, 0.717) is 12.1 Å². The van der Waals surface area contributed by atoms with Gasteiger partial charge < -0.3 is 10.6 Å². The van der Waals surface area contributed by atoms with Gasteiger partial charge in [-0.15, -0.1) is 0 Å². The van der Waals surface area contributed by atoms with Crippen molar-refractivity contribution < 1.29 is 0 Å². The first-order valence-corrected chi connectivity index (χ1v) is 6.69. The summed E-state index contributed by atoms with van der Waals surface area (Å²) in [6.07, 6.45) is 3.88. The summed E-state index contributed by atoms with van der Waals surface area (Å²) in [5.41, 5.74) is 6.15. The number of nitrogens with zero attached hydrogens (tertiary/aromatic N) is 2. The lowest BCUT2D eigenvalue weighted by Crippen LogP contribution is -2.44. The van der Waals surface area contributed by atoms with Crippen LogP contribution in [0, 0.1) is 5.92 Å². The number of likely N-dealkylation sites (N-methyl/N-ethyl adjacent to an activating group) is 2. The van der Waals surface area contributed by atoms with Gasteiger partial charge in [-0.05, 0) is 46.3 Å². The third-order valence-electron chi connectivity index (χ3n) is 3.85. The van der Waals surface area contributed by atoms with Crippen LogP contribution < -0.4 is 5.73 Å². The van der Waals surface area contributed by atoms with Crippen LogP contribution in [0.4, 0.5) is 0 Å². The standard InChI is InChI=1S/C13H29N3/c1-5-16(11(2)9-15(3)4)10-12-7-6-8-13(12)14/h11-13H,5-10,14H2,1-4H3. The van der Waals surface area contributed by atoms with E-state index >= 15 is 0 Å². The van der Waals surface area contributed by atoms with Crippen LogP contribution in [-0.2, 0) is 0 Å². The minimum absolute atomic E-state index is 0.445. The minimum Gasteiger partial charge on any atom is -0.327 e. The van der Waals surface area contributed by atoms with Gasteiger partial charge in [-0.2, -0.15) is 0 Å². The molecule has 0 amide bonds. The first kappa shape index (κ1) is 13.9. The van der Waals surface area contributed by atoms with Gasteiger partial charge in [0.1, 0.15) is 0 Å². The zero-order valence-electron chi connectivity index (χ0n) is 11.4. The van der Waals surface area contributed by atoms with Crippen LogP contribution in [0.3, 0.4) is 0 Å². The van der Waals surface area contributed by atoms with E-state index in [9.17, 15) is 0 Å². The van der Waals surface area contributed by atoms with Gasteiger partial charge in [0.05, 0.1) is 0 Å². The maximum Gasteiger partial charge on any atom is 0.0194 e. The van der Waals surface area contributed by atoms with Gasteiger partial charge in [0.15, 0.2) is 0 Å². The summed E-state index contributed by atoms with van der Waals surface area (Å²) in [4.78, 5) is 4.84. The van der Waals surface area contributed by atoms with E-state index < -0.39 is 0 Å². The lowest BCUT2D eigenvalue weighted by molar-refractivity contribution is 0.153. The van der Waals surface area contributed by atoms with E-state index in [1.807, 2.05) is 0 Å². The highest BCUT2D eigenvalue weighted by molar-refractivity contribution is 4.84. The molecule has 1 aliphatic rings. The molecule has 3 heteroatoms. The molecule has 0 aromatic heterocycles. The van der Waals surface area contributed by atoms with Crippen LogP contribution in [0.25, 0.3) is 0 Å². The van der Waals surface area contributed by atoms with Crippen molar-refractivity contribution in [1.82, 2.24) is 9.80 Å². The maximum absolute atomic E-state index is 6.15. The van der Waals surface area contributed by atoms with Gasteiger partial charge in [-0.1, -0.05) is 13.3 Å². The van der Waals surface area contributed by atoms with Gasteiger partial charge in [-0.25, -0.2) is 0 Å². The normalized spacial score (nSPS) is 27.9. The molecule has 3 unspecified atom stereocenters. The molecular formula is C13H29N3. The Labute approximate surface area is 101 Å². The quantitative estimate of drug-likeness (QED) is 0.744. The van der Waals surface area contributed by atoms with Crippen LogP contribution in [0.1, 0.15) is 33.1 Å². The summed E-state index contributed by atoms with van der Waals surface area (Å²) in [5.74, 6) is 0.726. The molecule has 1 saturated carbocycles. The van der Waals surface area contributed by atoms with Crippen molar-refractivity contribution in [2.75, 3.05) is 33.7 Å². The topological polar surface area (TPSA) is 32.5 Å². The summed E-state index contributed by atoms with van der Waals surface area (Å²) in [5, 5.41) is 0. The fraction of sp³-hybridized carbons (Fsp3) is 1.00. The van der Waals surface area contributed by atoms with E-state index in [0.717, 1.165) is 19.0 Å². The predicted molar refractivity (Wildman–Crippen MR) is 70.6 cm³/mol. The van der Waals surface area contributed by atoms with Gasteiger partial charge >= 0.3 is 0 Å². The van der Waals surface area contributed by atoms with E-state index in [4.69, 9.17) is 5.73 Å². The number of hydrogen-bond acceptors (Lipinski definition) is 3. The predicted octanol–water partition coefficient (Wildman–Crippen LogP) is 1.39. The van der Waals surface area contributed by atoms with Crippen molar-refractivity contribution in [2.45, 2.75) is 45.2 Å². The zero-order valence-corrected chi connectivity index (χ0v) is 11.4. The van der Waals surface area contributed by atoms with Crippen molar-refractivity contribution in [2.24, 2.45) is 11.7 Å². The van der Waals surface area contributed by atoms with E-state index in [1.165, 1.54) is 25.8 Å². The Kier molecular flexibility index (Phi) is 5.73. The molecule has 0 aromatic rings. The highest BCUT2D eigenvalue weighted by Crippen LogP contribution is 2.25. The fourth-order valence-electron chi connectivity index (χ4n) is 2.86. The van der Waals surface area contributed by atoms with Crippen molar-refractivity contribution in [1.29, 1.82) is 0 Å². The molecule has 0 aliphatic heterocycles. The Morgan fingerprint density at radius 1 is 1.31 bits per heavy atom. The second-order valence-corrected chi connectivity index (χ2v) is 5.55. The Hall–Kier alpha value is -0.120. The molecule has 0 heterocycles. The number of nitrogens with two attached hydrogens (primary N) is 1. The van der Waals surface area contributed by atoms with Gasteiger partial charge in [0.25, 0.3) is 0 Å². The Bertz CT molecular complexity index is 194. The maximum atomic E-state index is 6.15. The van der Waals surface area contributed by atoms with Crippen LogP contribution >= 0.6 is 0 Å². The molecule has 1 rings (SSSR count). The molecular weight excluding hydrogens is 198 g/mol. The molecule has 96 valence electrons. The molecule has 0 saturated heterocycles. The van der Waals surface area contributed by atoms with Crippen LogP contribution in [0.2, 0.25) is 0 Å². The van der Waals surface area contributed by atoms with Crippen molar-refractivity contribution in [3.8, 4) is 0 Å². The summed E-state index contributed by atoms with van der Waals surface area (Å²) < 4.78 is 0. The molecule has 0 spiro atoms. The average Bonchev–Trinajstić information content (AvgIpc) is 2.59. The highest BCUT2D eigenvalue weighted by Gasteiger charge is 2.26. The Morgan fingerprint density at radius 2 is 2.00 bits per heavy atom. The Balaban J connectivity index is 2.41. The van der Waals surface area contributed by atoms with E-state index in [1.54, 1.807) is 0 Å². The average molecular weight is 227 g/mol. The summed E-state index contributed by atoms with van der Waals surface area (Å²) >= 11 is 0. The smallest absolute Gasteiger partial charge is 0.0194 e. The fourth-order valence-corrected chi connectivity index (χ4v) is 2.86. The summed E-state index contributed by atoms with van der Waals surface area (Å²) in [7, 11) is 4.29. The zero-order chi connectivity index (χ0) is 12.1. The van der Waals surface area contributed by atoms with E-state index in [-0.39, 0.29) is 0 Å². The second kappa shape index (κ2) is 6.58. The molecule has 3 nitrogen and oxygen atoms in total. The number of rotatable bonds is 6. The largest absolute Gasteiger partial charge is 0.327 e. The van der Waals surface area contributed by atoms with Gasteiger partial charge in [0, 0.05) is 25.2 Å². The van der Waals surface area contributed by atoms with Crippen molar-refractivity contribution in [3.63, 3.8) is 0 Å². The lowest BCUT2D eigenvalue weighted by Gasteiger charge is -2.33. The summed E-state index contributed by atoms with van der Waals surface area (Å²) in [6, 6.07) is 1.08. The van der Waals surface area contributed by atoms with Crippen LogP contribution in [0.5, 0.6) is 0 Å². The molecule has 3 atom stereocenters. The van der Waals surface area contributed by atoms with Crippen LogP contribution in [-0.4, -0.2) is 55.6 Å². The molecule has 1 aliphatic carbocycles. The SMILES string of the molecule is CCN(CC1CCCC1N)C(C)CN(C)C. The van der Waals surface area contributed by atoms with Crippen molar-refractivity contribution in [3.05, 3.63) is 0 Å². The molecule has 16 heavy (non-hydrogen) atoms. The lowest BCUT2D eigenvalue weighted by atomic mass is 10.0. The molecule has 0 radical (unpaired) electrons. The first-order chi connectivity index (χ1) is 7.54. The third-order valence-corrected chi connectivity index (χ3v) is 3.85. The first-order valence-electron chi connectivity index (χ1n) is 6.69. The molecule has 1 fully saturated rings. The molecule has 0 bridgehead atoms. The monoisotopic (exact) mass is 227 g/mol. The van der Waals surface area contributed by atoms with E-state index in [2.05, 4.69) is 37.7 Å². The summed E-state index contributed by atoms with van der Waals surface area (Å²) in [6.45, 7) is 8.04. The molecule has 2 N–H and O–H groups in total. The Morgan fingerprint density at radius 3 is 2.44 bits per heavy atom. The van der Waals surface area contributed by atoms with Gasteiger partial charge in [0.2, 0.25) is 0 Å². The number of hydrogen-bond donors (Lipinski definition) is 1. The van der Waals surface area contributed by atoms with Crippen molar-refractivity contribution >= 4 is 0 Å². The third kappa shape index (κ3) is 4.04. The second-order valence-electron chi connectivity index (χ2n) is 5.55.